The van der Waals surface area contributed by atoms with Crippen LogP contribution in [0, 0.1) is 17.8 Å². The van der Waals surface area contributed by atoms with Gasteiger partial charge < -0.3 is 19.7 Å². The van der Waals surface area contributed by atoms with Crippen LogP contribution in [-0.4, -0.2) is 44.5 Å². The van der Waals surface area contributed by atoms with Gasteiger partial charge in [-0.1, -0.05) is 11.6 Å². The minimum Gasteiger partial charge on any atom is -0.465 e. The molecule has 26 heavy (non-hydrogen) atoms. The predicted molar refractivity (Wildman–Crippen MR) is 96.1 cm³/mol. The zero-order valence-electron chi connectivity index (χ0n) is 14.6. The molecule has 2 aromatic rings. The van der Waals surface area contributed by atoms with Crippen molar-refractivity contribution in [1.29, 1.82) is 0 Å². The molecule has 0 spiro atoms. The summed E-state index contributed by atoms with van der Waals surface area (Å²) >= 11 is 6.21. The number of fused-ring (bicyclic) bond motifs is 3. The van der Waals surface area contributed by atoms with E-state index >= 15 is 0 Å². The number of likely N-dealkylation sites (tertiary alicyclic amines) is 1. The van der Waals surface area contributed by atoms with E-state index in [1.54, 1.807) is 12.3 Å². The number of hydrogen-bond acceptors (Lipinski definition) is 3. The van der Waals surface area contributed by atoms with Crippen LogP contribution in [0.4, 0.5) is 4.79 Å². The number of halogens is 1. The van der Waals surface area contributed by atoms with Crippen LogP contribution in [0.3, 0.4) is 0 Å². The summed E-state index contributed by atoms with van der Waals surface area (Å²) in [7, 11) is 0. The van der Waals surface area contributed by atoms with Crippen LogP contribution in [0.25, 0.3) is 5.52 Å². The fourth-order valence-electron chi connectivity index (χ4n) is 4.37. The fraction of sp³-hybridized carbons (Fsp3) is 0.500. The van der Waals surface area contributed by atoms with Gasteiger partial charge in [0.15, 0.2) is 0 Å². The van der Waals surface area contributed by atoms with Crippen molar-refractivity contribution >= 4 is 29.1 Å². The maximum atomic E-state index is 12.9. The van der Waals surface area contributed by atoms with E-state index in [0.717, 1.165) is 11.9 Å². The molecule has 1 aliphatic heterocycles. The summed E-state index contributed by atoms with van der Waals surface area (Å²) in [6.07, 6.45) is 3.60. The quantitative estimate of drug-likeness (QED) is 0.861. The highest BCUT2D eigenvalue weighted by molar-refractivity contribution is 6.33. The number of aromatic nitrogens is 2. The Kier molecular flexibility index (Phi) is 3.87. The Labute approximate surface area is 156 Å². The lowest BCUT2D eigenvalue weighted by Crippen LogP contribution is -2.62. The highest BCUT2D eigenvalue weighted by Gasteiger charge is 2.52. The number of carbonyl (C=O) groups is 2. The molecular weight excluding hydrogens is 356 g/mol. The van der Waals surface area contributed by atoms with Crippen molar-refractivity contribution in [3.8, 4) is 0 Å². The van der Waals surface area contributed by atoms with E-state index in [9.17, 15) is 9.59 Å². The lowest BCUT2D eigenvalue weighted by atomic mass is 9.61. The number of carbonyl (C=O) groups excluding carboxylic acids is 1. The molecule has 7 nitrogen and oxygen atoms in total. The van der Waals surface area contributed by atoms with Crippen LogP contribution in [0.5, 0.6) is 0 Å². The van der Waals surface area contributed by atoms with Crippen LogP contribution in [0.1, 0.15) is 26.1 Å². The first-order valence-corrected chi connectivity index (χ1v) is 9.07. The van der Waals surface area contributed by atoms with Gasteiger partial charge in [0.1, 0.15) is 5.82 Å². The van der Waals surface area contributed by atoms with Gasteiger partial charge in [-0.3, -0.25) is 4.79 Å². The summed E-state index contributed by atoms with van der Waals surface area (Å²) in [6, 6.07) is 3.65. The maximum Gasteiger partial charge on any atom is 0.407 e. The summed E-state index contributed by atoms with van der Waals surface area (Å²) < 4.78 is 1.89. The van der Waals surface area contributed by atoms with Crippen molar-refractivity contribution < 1.29 is 14.7 Å². The molecule has 138 valence electrons. The predicted octanol–water partition coefficient (Wildman–Crippen LogP) is 2.58. The van der Waals surface area contributed by atoms with Crippen molar-refractivity contribution in [1.82, 2.24) is 19.6 Å². The van der Waals surface area contributed by atoms with Crippen molar-refractivity contribution in [3.05, 3.63) is 35.4 Å². The van der Waals surface area contributed by atoms with Crippen molar-refractivity contribution in [2.24, 2.45) is 17.8 Å². The third-order valence-electron chi connectivity index (χ3n) is 5.62. The molecule has 1 saturated carbocycles. The summed E-state index contributed by atoms with van der Waals surface area (Å²) in [4.78, 5) is 29.9. The topological polar surface area (TPSA) is 86.9 Å². The van der Waals surface area contributed by atoms with Gasteiger partial charge in [0.25, 0.3) is 0 Å². The standard InChI is InChI=1S/C18H21ClN4O3/c1-18(2,16-20-7-13-12(19)4-3-5-23(13)16)21-15(24)14-10-6-11(14)9-22(8-10)17(25)26/h3-5,7,10-11,14H,6,8-9H2,1-2H3,(H,21,24)(H,25,26)/t10-,11+,14+. The van der Waals surface area contributed by atoms with E-state index in [4.69, 9.17) is 16.7 Å². The molecule has 1 aliphatic carbocycles. The van der Waals surface area contributed by atoms with E-state index in [-0.39, 0.29) is 23.7 Å². The highest BCUT2D eigenvalue weighted by Crippen LogP contribution is 2.46. The molecule has 0 unspecified atom stereocenters. The number of nitrogens with zero attached hydrogens (tertiary/aromatic N) is 3. The molecule has 1 saturated heterocycles. The van der Waals surface area contributed by atoms with Crippen molar-refractivity contribution in [2.45, 2.75) is 25.8 Å². The SMILES string of the molecule is CC(C)(NC(=O)[C@H]1[C@@H]2C[C@H]1CN(C(=O)O)C2)c1ncc2c(Cl)cccn12. The number of carboxylic acid groups (broad SMARTS) is 1. The Morgan fingerprint density at radius 2 is 2.04 bits per heavy atom. The average Bonchev–Trinajstić information content (AvgIpc) is 3.00. The number of imidazole rings is 1. The van der Waals surface area contributed by atoms with Gasteiger partial charge in [-0.25, -0.2) is 9.78 Å². The van der Waals surface area contributed by atoms with Crippen molar-refractivity contribution in [2.75, 3.05) is 13.1 Å². The van der Waals surface area contributed by atoms with Gasteiger partial charge >= 0.3 is 6.09 Å². The second-order valence-corrected chi connectivity index (χ2v) is 8.18. The van der Waals surface area contributed by atoms with E-state index < -0.39 is 11.6 Å². The number of hydrogen-bond donors (Lipinski definition) is 2. The lowest BCUT2D eigenvalue weighted by Gasteiger charge is -2.52. The number of nitrogens with one attached hydrogen (secondary N) is 1. The molecule has 2 aromatic heterocycles. The second-order valence-electron chi connectivity index (χ2n) is 7.78. The third-order valence-corrected chi connectivity index (χ3v) is 5.94. The molecule has 3 atom stereocenters. The van der Waals surface area contributed by atoms with Gasteiger partial charge in [-0.2, -0.15) is 0 Å². The van der Waals surface area contributed by atoms with Crippen molar-refractivity contribution in [3.63, 3.8) is 0 Å². The molecular formula is C18H21ClN4O3. The molecule has 0 radical (unpaired) electrons. The van der Waals surface area contributed by atoms with E-state index in [2.05, 4.69) is 10.3 Å². The second kappa shape index (κ2) is 5.87. The molecule has 2 bridgehead atoms. The molecule has 8 heteroatoms. The summed E-state index contributed by atoms with van der Waals surface area (Å²) in [5, 5.41) is 12.9. The first-order chi connectivity index (χ1) is 12.3. The smallest absolute Gasteiger partial charge is 0.407 e. The maximum absolute atomic E-state index is 12.9. The normalized spacial score (nSPS) is 25.0. The van der Waals surface area contributed by atoms with Gasteiger partial charge in [0, 0.05) is 25.2 Å². The largest absolute Gasteiger partial charge is 0.465 e. The van der Waals surface area contributed by atoms with Gasteiger partial charge in [0.05, 0.1) is 22.3 Å². The minimum absolute atomic E-state index is 0.0277. The monoisotopic (exact) mass is 376 g/mol. The Bertz CT molecular complexity index is 882. The zero-order valence-corrected chi connectivity index (χ0v) is 15.4. The Hall–Kier alpha value is -2.28. The highest BCUT2D eigenvalue weighted by atomic mass is 35.5. The molecule has 4 rings (SSSR count). The molecule has 2 N–H and O–H groups in total. The Balaban J connectivity index is 1.52. The van der Waals surface area contributed by atoms with E-state index in [0.29, 0.717) is 23.9 Å². The fourth-order valence-corrected chi connectivity index (χ4v) is 4.58. The third kappa shape index (κ3) is 2.61. The van der Waals surface area contributed by atoms with Gasteiger partial charge in [-0.05, 0) is 44.2 Å². The molecule has 3 heterocycles. The molecule has 2 fully saturated rings. The number of rotatable bonds is 3. The van der Waals surface area contributed by atoms with Crippen LogP contribution in [-0.2, 0) is 10.3 Å². The molecule has 0 aromatic carbocycles. The van der Waals surface area contributed by atoms with Crippen LogP contribution < -0.4 is 5.32 Å². The number of piperidine rings is 2. The van der Waals surface area contributed by atoms with E-state index in [1.165, 1.54) is 4.90 Å². The number of pyridine rings is 1. The minimum atomic E-state index is -0.903. The molecule has 2 aliphatic rings. The summed E-state index contributed by atoms with van der Waals surface area (Å²) in [6.45, 7) is 4.70. The first-order valence-electron chi connectivity index (χ1n) is 8.70. The zero-order chi connectivity index (χ0) is 18.6. The first kappa shape index (κ1) is 17.1. The average molecular weight is 377 g/mol. The molecule has 2 amide bonds. The Morgan fingerprint density at radius 1 is 1.35 bits per heavy atom. The van der Waals surface area contributed by atoms with Crippen LogP contribution >= 0.6 is 11.6 Å². The number of amides is 2. The van der Waals surface area contributed by atoms with E-state index in [1.807, 2.05) is 30.5 Å². The Morgan fingerprint density at radius 3 is 2.69 bits per heavy atom. The van der Waals surface area contributed by atoms with Gasteiger partial charge in [-0.15, -0.1) is 0 Å². The summed E-state index contributed by atoms with van der Waals surface area (Å²) in [5.74, 6) is 0.763. The lowest BCUT2D eigenvalue weighted by molar-refractivity contribution is -0.142. The van der Waals surface area contributed by atoms with Gasteiger partial charge in [0.2, 0.25) is 5.91 Å². The van der Waals surface area contributed by atoms with Crippen LogP contribution in [0.2, 0.25) is 5.02 Å². The summed E-state index contributed by atoms with van der Waals surface area (Å²) in [5.41, 5.74) is 0.119. The van der Waals surface area contributed by atoms with Crippen LogP contribution in [0.15, 0.2) is 24.5 Å².